The molecule has 1 aliphatic carbocycles. The summed E-state index contributed by atoms with van der Waals surface area (Å²) in [5.41, 5.74) is 2.27. The summed E-state index contributed by atoms with van der Waals surface area (Å²) in [5, 5.41) is 13.2. The van der Waals surface area contributed by atoms with Crippen molar-refractivity contribution in [1.29, 1.82) is 0 Å². The molecule has 7 nitrogen and oxygen atoms in total. The van der Waals surface area contributed by atoms with Gasteiger partial charge in [-0.25, -0.2) is 0 Å². The molecule has 27 heavy (non-hydrogen) atoms. The molecule has 7 heteroatoms. The van der Waals surface area contributed by atoms with Crippen LogP contribution in [0, 0.1) is 0 Å². The fraction of sp³-hybridized carbons (Fsp3) is 0.350. The number of pyridine rings is 2. The molecule has 0 spiro atoms. The van der Waals surface area contributed by atoms with E-state index in [4.69, 9.17) is 0 Å². The number of carbonyl (C=O) groups excluding carboxylic acids is 1. The average Bonchev–Trinajstić information content (AvgIpc) is 3.37. The lowest BCUT2D eigenvalue weighted by atomic mass is 9.91. The molecular weight excluding hydrogens is 344 g/mol. The number of H-pyrrole nitrogens is 1. The molecule has 140 valence electrons. The maximum Gasteiger partial charge on any atom is 0.274 e. The SMILES string of the molecule is Cn1cc(C(CCO)c2ccccn2)c2cc(C(=O)NC3CC3)[nH]c2c1=O. The van der Waals surface area contributed by atoms with Crippen molar-refractivity contribution < 1.29 is 9.90 Å². The second kappa shape index (κ2) is 7.00. The van der Waals surface area contributed by atoms with Gasteiger partial charge in [-0.1, -0.05) is 6.07 Å². The summed E-state index contributed by atoms with van der Waals surface area (Å²) in [6.45, 7) is -0.00891. The highest BCUT2D eigenvalue weighted by molar-refractivity contribution is 5.99. The molecule has 0 saturated heterocycles. The molecule has 0 aromatic carbocycles. The number of aliphatic hydroxyl groups excluding tert-OH is 1. The average molecular weight is 366 g/mol. The van der Waals surface area contributed by atoms with Crippen LogP contribution in [-0.2, 0) is 7.05 Å². The van der Waals surface area contributed by atoms with E-state index in [0.29, 0.717) is 23.0 Å². The van der Waals surface area contributed by atoms with Crippen molar-refractivity contribution >= 4 is 16.8 Å². The molecule has 1 aliphatic rings. The summed E-state index contributed by atoms with van der Waals surface area (Å²) in [6.07, 6.45) is 5.95. The Balaban J connectivity index is 1.85. The van der Waals surface area contributed by atoms with Crippen LogP contribution in [0.2, 0.25) is 0 Å². The van der Waals surface area contributed by atoms with Gasteiger partial charge in [0.2, 0.25) is 0 Å². The summed E-state index contributed by atoms with van der Waals surface area (Å²) < 4.78 is 1.50. The third-order valence-electron chi connectivity index (χ3n) is 4.99. The van der Waals surface area contributed by atoms with E-state index in [9.17, 15) is 14.7 Å². The van der Waals surface area contributed by atoms with Crippen molar-refractivity contribution in [3.05, 3.63) is 64.0 Å². The molecule has 0 aliphatic heterocycles. The zero-order chi connectivity index (χ0) is 19.0. The first-order valence-electron chi connectivity index (χ1n) is 9.13. The minimum atomic E-state index is -0.196. The molecule has 0 radical (unpaired) electrons. The Bertz CT molecular complexity index is 1030. The lowest BCUT2D eigenvalue weighted by Crippen LogP contribution is -2.25. The van der Waals surface area contributed by atoms with Gasteiger partial charge in [-0.2, -0.15) is 0 Å². The fourth-order valence-electron chi connectivity index (χ4n) is 3.43. The molecule has 3 N–H and O–H groups in total. The van der Waals surface area contributed by atoms with Crippen LogP contribution in [0.15, 0.2) is 41.5 Å². The Morgan fingerprint density at radius 1 is 1.44 bits per heavy atom. The van der Waals surface area contributed by atoms with Gasteiger partial charge in [-0.3, -0.25) is 14.6 Å². The zero-order valence-electron chi connectivity index (χ0n) is 15.1. The highest BCUT2D eigenvalue weighted by Crippen LogP contribution is 2.31. The summed E-state index contributed by atoms with van der Waals surface area (Å²) in [6, 6.07) is 7.62. The van der Waals surface area contributed by atoms with E-state index in [1.54, 1.807) is 25.5 Å². The maximum atomic E-state index is 12.6. The van der Waals surface area contributed by atoms with Gasteiger partial charge in [0.25, 0.3) is 11.5 Å². The quantitative estimate of drug-likeness (QED) is 0.618. The van der Waals surface area contributed by atoms with Crippen LogP contribution in [0.4, 0.5) is 0 Å². The Kier molecular flexibility index (Phi) is 4.53. The summed E-state index contributed by atoms with van der Waals surface area (Å²) in [5.74, 6) is -0.376. The zero-order valence-corrected chi connectivity index (χ0v) is 15.1. The molecule has 1 amide bonds. The number of rotatable bonds is 6. The number of aryl methyl sites for hydroxylation is 1. The number of carbonyl (C=O) groups is 1. The molecule has 3 heterocycles. The number of hydrogen-bond donors (Lipinski definition) is 3. The minimum absolute atomic E-state index is 0.00891. The van der Waals surface area contributed by atoms with E-state index in [1.165, 1.54) is 4.57 Å². The van der Waals surface area contributed by atoms with Gasteiger partial charge in [0.05, 0.1) is 0 Å². The number of nitrogens with zero attached hydrogens (tertiary/aromatic N) is 2. The topological polar surface area (TPSA) is 100 Å². The number of aromatic amines is 1. The number of aliphatic hydroxyl groups is 1. The first kappa shape index (κ1) is 17.5. The maximum absolute atomic E-state index is 12.6. The van der Waals surface area contributed by atoms with E-state index in [1.807, 2.05) is 18.2 Å². The van der Waals surface area contributed by atoms with Gasteiger partial charge in [0.15, 0.2) is 0 Å². The Hall–Kier alpha value is -2.93. The van der Waals surface area contributed by atoms with Gasteiger partial charge < -0.3 is 20.0 Å². The predicted molar refractivity (Wildman–Crippen MR) is 102 cm³/mol. The van der Waals surface area contributed by atoms with Crippen molar-refractivity contribution in [2.24, 2.45) is 7.05 Å². The monoisotopic (exact) mass is 366 g/mol. The van der Waals surface area contributed by atoms with Gasteiger partial charge in [0, 0.05) is 49.1 Å². The standard InChI is InChI=1S/C20H22N4O3/c1-24-11-15(13(7-9-25)16-4-2-3-8-21-16)14-10-17(23-18(14)20(24)27)19(26)22-12-5-6-12/h2-4,8,10-13,23,25H,5-7,9H2,1H3,(H,22,26). The van der Waals surface area contributed by atoms with Gasteiger partial charge in [-0.05, 0) is 43.0 Å². The summed E-state index contributed by atoms with van der Waals surface area (Å²) in [4.78, 5) is 32.5. The molecule has 1 saturated carbocycles. The van der Waals surface area contributed by atoms with Crippen LogP contribution in [-0.4, -0.2) is 38.2 Å². The molecule has 3 aromatic heterocycles. The molecular formula is C20H22N4O3. The van der Waals surface area contributed by atoms with E-state index in [-0.39, 0.29) is 30.0 Å². The van der Waals surface area contributed by atoms with Crippen LogP contribution in [0.3, 0.4) is 0 Å². The molecule has 1 fully saturated rings. The second-order valence-electron chi connectivity index (χ2n) is 7.04. The fourth-order valence-corrected chi connectivity index (χ4v) is 3.43. The smallest absolute Gasteiger partial charge is 0.274 e. The third kappa shape index (κ3) is 3.38. The lowest BCUT2D eigenvalue weighted by molar-refractivity contribution is 0.0947. The van der Waals surface area contributed by atoms with Crippen LogP contribution in [0.25, 0.3) is 10.9 Å². The lowest BCUT2D eigenvalue weighted by Gasteiger charge is -2.17. The van der Waals surface area contributed by atoms with Crippen LogP contribution < -0.4 is 10.9 Å². The number of fused-ring (bicyclic) bond motifs is 1. The predicted octanol–water partition coefficient (Wildman–Crippen LogP) is 1.67. The van der Waals surface area contributed by atoms with Crippen LogP contribution in [0.1, 0.15) is 46.9 Å². The van der Waals surface area contributed by atoms with Gasteiger partial charge >= 0.3 is 0 Å². The van der Waals surface area contributed by atoms with Gasteiger partial charge in [0.1, 0.15) is 11.2 Å². The highest BCUT2D eigenvalue weighted by atomic mass is 16.3. The third-order valence-corrected chi connectivity index (χ3v) is 4.99. The normalized spacial score (nSPS) is 15.0. The highest BCUT2D eigenvalue weighted by Gasteiger charge is 2.26. The van der Waals surface area contributed by atoms with Crippen molar-refractivity contribution in [1.82, 2.24) is 19.9 Å². The Morgan fingerprint density at radius 3 is 2.93 bits per heavy atom. The minimum Gasteiger partial charge on any atom is -0.396 e. The molecule has 1 unspecified atom stereocenters. The van der Waals surface area contributed by atoms with E-state index in [0.717, 1.165) is 24.1 Å². The summed E-state index contributed by atoms with van der Waals surface area (Å²) >= 11 is 0. The molecule has 4 rings (SSSR count). The largest absolute Gasteiger partial charge is 0.396 e. The van der Waals surface area contributed by atoms with Crippen LogP contribution in [0.5, 0.6) is 0 Å². The van der Waals surface area contributed by atoms with E-state index >= 15 is 0 Å². The van der Waals surface area contributed by atoms with Crippen molar-refractivity contribution in [3.63, 3.8) is 0 Å². The van der Waals surface area contributed by atoms with Crippen molar-refractivity contribution in [3.8, 4) is 0 Å². The van der Waals surface area contributed by atoms with Crippen molar-refractivity contribution in [2.75, 3.05) is 6.61 Å². The Labute approximate surface area is 156 Å². The second-order valence-corrected chi connectivity index (χ2v) is 7.04. The molecule has 3 aromatic rings. The van der Waals surface area contributed by atoms with Crippen molar-refractivity contribution in [2.45, 2.75) is 31.2 Å². The van der Waals surface area contributed by atoms with E-state index < -0.39 is 0 Å². The van der Waals surface area contributed by atoms with Gasteiger partial charge in [-0.15, -0.1) is 0 Å². The van der Waals surface area contributed by atoms with Crippen LogP contribution >= 0.6 is 0 Å². The number of aromatic nitrogens is 3. The first-order valence-corrected chi connectivity index (χ1v) is 9.13. The number of amides is 1. The molecule has 0 bridgehead atoms. The summed E-state index contributed by atoms with van der Waals surface area (Å²) in [7, 11) is 1.69. The van der Waals surface area contributed by atoms with E-state index in [2.05, 4.69) is 15.3 Å². The Morgan fingerprint density at radius 2 is 2.26 bits per heavy atom. The number of hydrogen-bond acceptors (Lipinski definition) is 4. The molecule has 1 atom stereocenters. The number of nitrogens with one attached hydrogen (secondary N) is 2. The first-order chi connectivity index (χ1) is 13.1.